The van der Waals surface area contributed by atoms with E-state index in [2.05, 4.69) is 4.98 Å². The molecule has 0 aliphatic carbocycles. The van der Waals surface area contributed by atoms with Gasteiger partial charge in [0.1, 0.15) is 5.82 Å². The minimum Gasteiger partial charge on any atom is -0.378 e. The third kappa shape index (κ3) is 3.75. The molecule has 94 valence electrons. The Labute approximate surface area is 101 Å². The first kappa shape index (κ1) is 12.5. The smallest absolute Gasteiger partial charge is 0.141 e. The predicted octanol–water partition coefficient (Wildman–Crippen LogP) is 2.57. The number of halogens is 1. The number of nitrogens with two attached hydrogens (primary N) is 1. The van der Waals surface area contributed by atoms with Crippen LogP contribution in [0.3, 0.4) is 0 Å². The van der Waals surface area contributed by atoms with Crippen LogP contribution in [-0.4, -0.2) is 17.7 Å². The Morgan fingerprint density at radius 2 is 2.41 bits per heavy atom. The van der Waals surface area contributed by atoms with Crippen LogP contribution in [0.1, 0.15) is 43.7 Å². The van der Waals surface area contributed by atoms with Crippen molar-refractivity contribution >= 4 is 0 Å². The van der Waals surface area contributed by atoms with Gasteiger partial charge in [-0.3, -0.25) is 4.98 Å². The van der Waals surface area contributed by atoms with Gasteiger partial charge in [0.25, 0.3) is 0 Å². The lowest BCUT2D eigenvalue weighted by Crippen LogP contribution is -2.12. The molecular formula is C13H19FN2O. The minimum atomic E-state index is -0.322. The summed E-state index contributed by atoms with van der Waals surface area (Å²) >= 11 is 0. The van der Waals surface area contributed by atoms with Crippen molar-refractivity contribution in [2.75, 3.05) is 6.61 Å². The molecule has 2 N–H and O–H groups in total. The molecule has 1 fully saturated rings. The Hall–Kier alpha value is -1.00. The first-order valence-corrected chi connectivity index (χ1v) is 6.23. The molecule has 0 aromatic carbocycles. The summed E-state index contributed by atoms with van der Waals surface area (Å²) in [5, 5.41) is 0. The zero-order valence-corrected chi connectivity index (χ0v) is 9.94. The van der Waals surface area contributed by atoms with E-state index in [-0.39, 0.29) is 11.9 Å². The van der Waals surface area contributed by atoms with E-state index >= 15 is 0 Å². The molecule has 1 aliphatic rings. The second-order valence-corrected chi connectivity index (χ2v) is 4.61. The number of ether oxygens (including phenoxy) is 1. The van der Waals surface area contributed by atoms with Crippen LogP contribution in [0, 0.1) is 5.82 Å². The molecule has 0 radical (unpaired) electrons. The lowest BCUT2D eigenvalue weighted by molar-refractivity contribution is 0.101. The minimum absolute atomic E-state index is 0.125. The summed E-state index contributed by atoms with van der Waals surface area (Å²) in [5.74, 6) is -0.322. The Kier molecular flexibility index (Phi) is 4.45. The maximum absolute atomic E-state index is 13.0. The molecule has 0 bridgehead atoms. The molecule has 2 unspecified atom stereocenters. The van der Waals surface area contributed by atoms with Crippen LogP contribution in [0.25, 0.3) is 0 Å². The van der Waals surface area contributed by atoms with Gasteiger partial charge in [-0.25, -0.2) is 4.39 Å². The van der Waals surface area contributed by atoms with Gasteiger partial charge in [-0.1, -0.05) is 0 Å². The zero-order valence-electron chi connectivity index (χ0n) is 9.94. The summed E-state index contributed by atoms with van der Waals surface area (Å²) in [4.78, 5) is 3.81. The molecule has 0 amide bonds. The van der Waals surface area contributed by atoms with Crippen molar-refractivity contribution in [1.29, 1.82) is 0 Å². The predicted molar refractivity (Wildman–Crippen MR) is 63.9 cm³/mol. The molecule has 1 aromatic rings. The monoisotopic (exact) mass is 238 g/mol. The van der Waals surface area contributed by atoms with Crippen molar-refractivity contribution in [3.05, 3.63) is 29.8 Å². The molecule has 3 nitrogen and oxygen atoms in total. The second-order valence-electron chi connectivity index (χ2n) is 4.61. The molecule has 1 aromatic heterocycles. The number of hydrogen-bond acceptors (Lipinski definition) is 3. The molecule has 1 aliphatic heterocycles. The molecule has 0 spiro atoms. The van der Waals surface area contributed by atoms with E-state index in [4.69, 9.17) is 10.5 Å². The fourth-order valence-corrected chi connectivity index (χ4v) is 2.24. The molecule has 0 saturated carbocycles. The van der Waals surface area contributed by atoms with Crippen LogP contribution in [0.4, 0.5) is 4.39 Å². The molecule has 2 heterocycles. The van der Waals surface area contributed by atoms with Gasteiger partial charge in [-0.15, -0.1) is 0 Å². The number of hydrogen-bond donors (Lipinski definition) is 1. The number of pyridine rings is 1. The SMILES string of the molecule is NC(CCCC1CCCO1)c1cncc(F)c1. The second kappa shape index (κ2) is 6.07. The zero-order chi connectivity index (χ0) is 12.1. The molecular weight excluding hydrogens is 219 g/mol. The van der Waals surface area contributed by atoms with E-state index in [9.17, 15) is 4.39 Å². The fourth-order valence-electron chi connectivity index (χ4n) is 2.24. The van der Waals surface area contributed by atoms with E-state index in [1.165, 1.54) is 18.7 Å². The number of rotatable bonds is 5. The van der Waals surface area contributed by atoms with Crippen LogP contribution >= 0.6 is 0 Å². The lowest BCUT2D eigenvalue weighted by Gasteiger charge is -2.13. The summed E-state index contributed by atoms with van der Waals surface area (Å²) in [7, 11) is 0. The van der Waals surface area contributed by atoms with Gasteiger partial charge in [-0.2, -0.15) is 0 Å². The highest BCUT2D eigenvalue weighted by atomic mass is 19.1. The maximum atomic E-state index is 13.0. The van der Waals surface area contributed by atoms with Gasteiger partial charge >= 0.3 is 0 Å². The van der Waals surface area contributed by atoms with Crippen molar-refractivity contribution in [3.8, 4) is 0 Å². The lowest BCUT2D eigenvalue weighted by atomic mass is 10.0. The Morgan fingerprint density at radius 3 is 3.12 bits per heavy atom. The normalized spacial score (nSPS) is 21.6. The van der Waals surface area contributed by atoms with Crippen molar-refractivity contribution < 1.29 is 9.13 Å². The molecule has 17 heavy (non-hydrogen) atoms. The van der Waals surface area contributed by atoms with Crippen LogP contribution in [0.2, 0.25) is 0 Å². The third-order valence-corrected chi connectivity index (χ3v) is 3.22. The highest BCUT2D eigenvalue weighted by Crippen LogP contribution is 2.21. The highest BCUT2D eigenvalue weighted by Gasteiger charge is 2.15. The van der Waals surface area contributed by atoms with Crippen molar-refractivity contribution in [3.63, 3.8) is 0 Å². The first-order valence-electron chi connectivity index (χ1n) is 6.23. The Balaban J connectivity index is 1.74. The average molecular weight is 238 g/mol. The Bertz CT molecular complexity index is 353. The average Bonchev–Trinajstić information content (AvgIpc) is 2.82. The molecule has 4 heteroatoms. The summed E-state index contributed by atoms with van der Waals surface area (Å²) in [6.45, 7) is 0.893. The van der Waals surface area contributed by atoms with E-state index in [1.807, 2.05) is 0 Å². The van der Waals surface area contributed by atoms with Crippen molar-refractivity contribution in [2.24, 2.45) is 5.73 Å². The van der Waals surface area contributed by atoms with E-state index in [1.54, 1.807) is 6.20 Å². The molecule has 1 saturated heterocycles. The van der Waals surface area contributed by atoms with E-state index in [0.717, 1.165) is 37.9 Å². The van der Waals surface area contributed by atoms with Gasteiger partial charge in [0.05, 0.1) is 12.3 Å². The quantitative estimate of drug-likeness (QED) is 0.857. The van der Waals surface area contributed by atoms with Gasteiger partial charge in [-0.05, 0) is 43.7 Å². The topological polar surface area (TPSA) is 48.1 Å². The van der Waals surface area contributed by atoms with Gasteiger partial charge in [0, 0.05) is 18.8 Å². The van der Waals surface area contributed by atoms with Gasteiger partial charge in [0.15, 0.2) is 0 Å². The van der Waals surface area contributed by atoms with Crippen molar-refractivity contribution in [1.82, 2.24) is 4.98 Å². The summed E-state index contributed by atoms with van der Waals surface area (Å²) < 4.78 is 18.5. The van der Waals surface area contributed by atoms with Crippen LogP contribution in [0.5, 0.6) is 0 Å². The Morgan fingerprint density at radius 1 is 1.53 bits per heavy atom. The molecule has 2 atom stereocenters. The van der Waals surface area contributed by atoms with Gasteiger partial charge in [0.2, 0.25) is 0 Å². The van der Waals surface area contributed by atoms with E-state index < -0.39 is 0 Å². The summed E-state index contributed by atoms with van der Waals surface area (Å²) in [6.07, 6.45) is 8.50. The number of nitrogens with zero attached hydrogens (tertiary/aromatic N) is 1. The van der Waals surface area contributed by atoms with Gasteiger partial charge < -0.3 is 10.5 Å². The van der Waals surface area contributed by atoms with Crippen LogP contribution in [-0.2, 0) is 4.74 Å². The van der Waals surface area contributed by atoms with Crippen molar-refractivity contribution in [2.45, 2.75) is 44.2 Å². The fraction of sp³-hybridized carbons (Fsp3) is 0.615. The highest BCUT2D eigenvalue weighted by molar-refractivity contribution is 5.14. The van der Waals surface area contributed by atoms with Crippen LogP contribution < -0.4 is 5.73 Å². The van der Waals surface area contributed by atoms with Crippen LogP contribution in [0.15, 0.2) is 18.5 Å². The third-order valence-electron chi connectivity index (χ3n) is 3.22. The summed E-state index contributed by atoms with van der Waals surface area (Å²) in [5.41, 5.74) is 6.78. The first-order chi connectivity index (χ1) is 8.25. The van der Waals surface area contributed by atoms with E-state index in [0.29, 0.717) is 6.10 Å². The maximum Gasteiger partial charge on any atom is 0.141 e. The number of aromatic nitrogens is 1. The summed E-state index contributed by atoms with van der Waals surface area (Å²) in [6, 6.07) is 1.34. The standard InChI is InChI=1S/C13H19FN2O/c14-11-7-10(8-16-9-11)13(15)5-1-3-12-4-2-6-17-12/h7-9,12-13H,1-6,15H2. The largest absolute Gasteiger partial charge is 0.378 e. The molecule has 2 rings (SSSR count).